The van der Waals surface area contributed by atoms with E-state index in [0.717, 1.165) is 5.69 Å². The van der Waals surface area contributed by atoms with Crippen LogP contribution in [0.5, 0.6) is 0 Å². The van der Waals surface area contributed by atoms with Crippen LogP contribution in [-0.2, 0) is 0 Å². The molecule has 1 rings (SSSR count). The van der Waals surface area contributed by atoms with Gasteiger partial charge in [-0.3, -0.25) is 4.98 Å². The van der Waals surface area contributed by atoms with Gasteiger partial charge in [-0.05, 0) is 18.6 Å². The number of nitriles is 1. The molecule has 0 N–H and O–H groups in total. The number of hydrogen-bond acceptors (Lipinski definition) is 2. The second-order valence-corrected chi connectivity index (χ2v) is 2.67. The Hall–Kier alpha value is -1.36. The van der Waals surface area contributed by atoms with Crippen LogP contribution < -0.4 is 0 Å². The molecule has 1 radical (unpaired) electrons. The number of hydrogen-bond donors (Lipinski definition) is 0. The molecule has 0 saturated carbocycles. The van der Waals surface area contributed by atoms with Gasteiger partial charge in [0.2, 0.25) is 0 Å². The molecule has 0 aliphatic carbocycles. The second-order valence-electron chi connectivity index (χ2n) is 2.67. The zero-order valence-electron chi connectivity index (χ0n) is 7.28. The van der Waals surface area contributed by atoms with Gasteiger partial charge in [0, 0.05) is 12.1 Å². The molecule has 1 heterocycles. The highest BCUT2D eigenvalue weighted by molar-refractivity contribution is 5.35. The van der Waals surface area contributed by atoms with E-state index in [4.69, 9.17) is 5.26 Å². The van der Waals surface area contributed by atoms with Gasteiger partial charge in [-0.1, -0.05) is 13.8 Å². The van der Waals surface area contributed by atoms with Crippen molar-refractivity contribution in [1.29, 1.82) is 5.26 Å². The van der Waals surface area contributed by atoms with Gasteiger partial charge in [0.25, 0.3) is 0 Å². The minimum atomic E-state index is 0.251. The Morgan fingerprint density at radius 3 is 3.00 bits per heavy atom. The highest BCUT2D eigenvalue weighted by Crippen LogP contribution is 2.18. The number of nitrogens with zero attached hydrogens (tertiary/aromatic N) is 2. The minimum Gasteiger partial charge on any atom is -0.260 e. The van der Waals surface area contributed by atoms with E-state index >= 15 is 0 Å². The van der Waals surface area contributed by atoms with Crippen LogP contribution in [0.4, 0.5) is 0 Å². The Balaban J connectivity index is 3.07. The van der Waals surface area contributed by atoms with E-state index in [9.17, 15) is 0 Å². The van der Waals surface area contributed by atoms with Crippen molar-refractivity contribution >= 4 is 0 Å². The maximum atomic E-state index is 8.76. The van der Waals surface area contributed by atoms with Gasteiger partial charge in [0.15, 0.2) is 0 Å². The normalized spacial score (nSPS) is 12.1. The predicted molar refractivity (Wildman–Crippen MR) is 47.3 cm³/mol. The third kappa shape index (κ3) is 1.62. The second kappa shape index (κ2) is 3.87. The molecule has 0 aliphatic rings. The molecule has 0 bridgehead atoms. The number of aromatic nitrogens is 1. The molecular weight excluding hydrogens is 148 g/mol. The molecule has 1 aromatic rings. The Labute approximate surface area is 72.9 Å². The number of pyridine rings is 1. The first-order chi connectivity index (χ1) is 5.79. The van der Waals surface area contributed by atoms with Gasteiger partial charge in [0.1, 0.15) is 6.07 Å². The Kier molecular flexibility index (Phi) is 2.82. The fraction of sp³-hybridized carbons (Fsp3) is 0.300. The fourth-order valence-electron chi connectivity index (χ4n) is 1.03. The van der Waals surface area contributed by atoms with Gasteiger partial charge in [-0.25, -0.2) is 0 Å². The standard InChI is InChI=1S/C10H11N2/c1-3-8(2)10-9(7-11)5-4-6-12-10/h3-6,8H,1-2H3. The molecule has 12 heavy (non-hydrogen) atoms. The molecule has 0 spiro atoms. The van der Waals surface area contributed by atoms with Crippen LogP contribution in [-0.4, -0.2) is 4.98 Å². The van der Waals surface area contributed by atoms with Crippen molar-refractivity contribution < 1.29 is 0 Å². The lowest BCUT2D eigenvalue weighted by molar-refractivity contribution is 0.838. The average molecular weight is 159 g/mol. The van der Waals surface area contributed by atoms with Crippen LogP contribution in [0.15, 0.2) is 18.3 Å². The summed E-state index contributed by atoms with van der Waals surface area (Å²) in [7, 11) is 0. The van der Waals surface area contributed by atoms with Gasteiger partial charge < -0.3 is 0 Å². The molecule has 2 nitrogen and oxygen atoms in total. The Morgan fingerprint density at radius 2 is 2.42 bits per heavy atom. The molecule has 0 amide bonds. The topological polar surface area (TPSA) is 36.7 Å². The van der Waals surface area contributed by atoms with Crippen LogP contribution in [0, 0.1) is 17.8 Å². The van der Waals surface area contributed by atoms with Crippen molar-refractivity contribution in [1.82, 2.24) is 4.98 Å². The third-order valence-electron chi connectivity index (χ3n) is 1.89. The highest BCUT2D eigenvalue weighted by Gasteiger charge is 2.08. The van der Waals surface area contributed by atoms with E-state index in [2.05, 4.69) is 11.1 Å². The van der Waals surface area contributed by atoms with E-state index < -0.39 is 0 Å². The molecule has 1 unspecified atom stereocenters. The number of rotatable bonds is 2. The summed E-state index contributed by atoms with van der Waals surface area (Å²) in [5.74, 6) is 0.251. The summed E-state index contributed by atoms with van der Waals surface area (Å²) >= 11 is 0. The Bertz CT molecular complexity index is 299. The zero-order valence-corrected chi connectivity index (χ0v) is 7.28. The lowest BCUT2D eigenvalue weighted by Gasteiger charge is -2.07. The molecule has 0 aromatic carbocycles. The van der Waals surface area contributed by atoms with Gasteiger partial charge in [0.05, 0.1) is 11.3 Å². The van der Waals surface area contributed by atoms with Crippen LogP contribution in [0.1, 0.15) is 31.0 Å². The first kappa shape index (κ1) is 8.73. The summed E-state index contributed by atoms with van der Waals surface area (Å²) < 4.78 is 0. The Morgan fingerprint density at radius 1 is 1.67 bits per heavy atom. The van der Waals surface area contributed by atoms with Crippen molar-refractivity contribution in [3.8, 4) is 6.07 Å². The quantitative estimate of drug-likeness (QED) is 0.663. The zero-order chi connectivity index (χ0) is 8.97. The molecule has 61 valence electrons. The molecule has 0 fully saturated rings. The molecule has 1 aromatic heterocycles. The summed E-state index contributed by atoms with van der Waals surface area (Å²) in [6.07, 6.45) is 3.75. The molecule has 0 saturated heterocycles. The lowest BCUT2D eigenvalue weighted by atomic mass is 10.0. The first-order valence-corrected chi connectivity index (χ1v) is 3.94. The summed E-state index contributed by atoms with van der Waals surface area (Å²) in [6.45, 7) is 4.00. The third-order valence-corrected chi connectivity index (χ3v) is 1.89. The maximum Gasteiger partial charge on any atom is 0.101 e. The summed E-state index contributed by atoms with van der Waals surface area (Å²) in [5, 5.41) is 8.76. The van der Waals surface area contributed by atoms with Crippen molar-refractivity contribution in [2.75, 3.05) is 0 Å². The largest absolute Gasteiger partial charge is 0.260 e. The fourth-order valence-corrected chi connectivity index (χ4v) is 1.03. The molecule has 1 atom stereocenters. The van der Waals surface area contributed by atoms with E-state index in [-0.39, 0.29) is 5.92 Å². The molecule has 2 heteroatoms. The van der Waals surface area contributed by atoms with Crippen molar-refractivity contribution in [2.24, 2.45) is 0 Å². The van der Waals surface area contributed by atoms with Crippen LogP contribution >= 0.6 is 0 Å². The van der Waals surface area contributed by atoms with Gasteiger partial charge >= 0.3 is 0 Å². The minimum absolute atomic E-state index is 0.251. The summed E-state index contributed by atoms with van der Waals surface area (Å²) in [6, 6.07) is 5.70. The van der Waals surface area contributed by atoms with Crippen molar-refractivity contribution in [2.45, 2.75) is 19.8 Å². The van der Waals surface area contributed by atoms with E-state index in [1.54, 1.807) is 18.3 Å². The summed E-state index contributed by atoms with van der Waals surface area (Å²) in [4.78, 5) is 4.17. The molecular formula is C10H11N2. The monoisotopic (exact) mass is 159 g/mol. The highest BCUT2D eigenvalue weighted by atomic mass is 14.7. The summed E-state index contributed by atoms with van der Waals surface area (Å²) in [5.41, 5.74) is 1.53. The van der Waals surface area contributed by atoms with Crippen LogP contribution in [0.3, 0.4) is 0 Å². The molecule has 0 aliphatic heterocycles. The first-order valence-electron chi connectivity index (χ1n) is 3.94. The van der Waals surface area contributed by atoms with Crippen molar-refractivity contribution in [3.63, 3.8) is 0 Å². The SMILES string of the molecule is C[CH]C(C)c1ncccc1C#N. The van der Waals surface area contributed by atoms with Gasteiger partial charge in [-0.15, -0.1) is 0 Å². The van der Waals surface area contributed by atoms with E-state index in [0.29, 0.717) is 5.56 Å². The van der Waals surface area contributed by atoms with E-state index in [1.807, 2.05) is 20.3 Å². The van der Waals surface area contributed by atoms with Crippen LogP contribution in [0.2, 0.25) is 0 Å². The maximum absolute atomic E-state index is 8.76. The van der Waals surface area contributed by atoms with E-state index in [1.165, 1.54) is 0 Å². The lowest BCUT2D eigenvalue weighted by Crippen LogP contribution is -1.98. The average Bonchev–Trinajstić information content (AvgIpc) is 2.16. The predicted octanol–water partition coefficient (Wildman–Crippen LogP) is 2.28. The van der Waals surface area contributed by atoms with Crippen LogP contribution in [0.25, 0.3) is 0 Å². The smallest absolute Gasteiger partial charge is 0.101 e. The van der Waals surface area contributed by atoms with Crippen molar-refractivity contribution in [3.05, 3.63) is 36.0 Å². The van der Waals surface area contributed by atoms with Gasteiger partial charge in [-0.2, -0.15) is 5.26 Å².